The van der Waals surface area contributed by atoms with E-state index in [4.69, 9.17) is 5.73 Å². The fourth-order valence-corrected chi connectivity index (χ4v) is 4.04. The van der Waals surface area contributed by atoms with Gasteiger partial charge in [-0.05, 0) is 53.3 Å². The molecular formula is C20H29N7O2. The molecule has 1 aliphatic rings. The van der Waals surface area contributed by atoms with Gasteiger partial charge in [0.15, 0.2) is 0 Å². The summed E-state index contributed by atoms with van der Waals surface area (Å²) in [7, 11) is 0. The van der Waals surface area contributed by atoms with Gasteiger partial charge in [0.25, 0.3) is 0 Å². The number of hydrogen-bond acceptors (Lipinski definition) is 6. The quantitative estimate of drug-likeness (QED) is 0.594. The molecule has 0 radical (unpaired) electrons. The molecule has 0 saturated heterocycles. The SMILES string of the molecule is CCCNc1ccc(C(N)=O)cc1NC(=O)CC1(Cn2cnnn2)CCCCC1. The average molecular weight is 399 g/mol. The summed E-state index contributed by atoms with van der Waals surface area (Å²) in [5, 5.41) is 17.7. The molecule has 9 nitrogen and oxygen atoms in total. The highest BCUT2D eigenvalue weighted by atomic mass is 16.2. The predicted molar refractivity (Wildman–Crippen MR) is 110 cm³/mol. The largest absolute Gasteiger partial charge is 0.383 e. The van der Waals surface area contributed by atoms with Crippen molar-refractivity contribution in [2.75, 3.05) is 17.2 Å². The number of rotatable bonds is 9. The predicted octanol–water partition coefficient (Wildman–Crippen LogP) is 2.57. The van der Waals surface area contributed by atoms with E-state index in [1.807, 2.05) is 0 Å². The van der Waals surface area contributed by atoms with Crippen molar-refractivity contribution >= 4 is 23.2 Å². The zero-order chi connectivity index (χ0) is 20.7. The molecule has 29 heavy (non-hydrogen) atoms. The minimum Gasteiger partial charge on any atom is -0.383 e. The number of nitrogens with zero attached hydrogens (tertiary/aromatic N) is 4. The summed E-state index contributed by atoms with van der Waals surface area (Å²) in [5.41, 5.74) is 6.97. The molecule has 0 bridgehead atoms. The van der Waals surface area contributed by atoms with Gasteiger partial charge in [0, 0.05) is 18.5 Å². The zero-order valence-corrected chi connectivity index (χ0v) is 16.9. The van der Waals surface area contributed by atoms with Gasteiger partial charge >= 0.3 is 0 Å². The van der Waals surface area contributed by atoms with Crippen LogP contribution < -0.4 is 16.4 Å². The van der Waals surface area contributed by atoms with Crippen LogP contribution in [0.1, 0.15) is 62.2 Å². The van der Waals surface area contributed by atoms with E-state index in [2.05, 4.69) is 33.1 Å². The monoisotopic (exact) mass is 399 g/mol. The summed E-state index contributed by atoms with van der Waals surface area (Å²) in [5.74, 6) is -0.605. The molecule has 0 unspecified atom stereocenters. The highest BCUT2D eigenvalue weighted by Gasteiger charge is 2.35. The lowest BCUT2D eigenvalue weighted by Crippen LogP contribution is -2.34. The summed E-state index contributed by atoms with van der Waals surface area (Å²) < 4.78 is 1.71. The zero-order valence-electron chi connectivity index (χ0n) is 16.9. The molecule has 1 fully saturated rings. The second-order valence-corrected chi connectivity index (χ2v) is 7.84. The van der Waals surface area contributed by atoms with E-state index >= 15 is 0 Å². The van der Waals surface area contributed by atoms with Crippen molar-refractivity contribution in [3.8, 4) is 0 Å². The van der Waals surface area contributed by atoms with E-state index in [0.29, 0.717) is 24.2 Å². The Morgan fingerprint density at radius 2 is 2.00 bits per heavy atom. The number of nitrogens with one attached hydrogen (secondary N) is 2. The van der Waals surface area contributed by atoms with Crippen LogP contribution in [-0.2, 0) is 11.3 Å². The first-order chi connectivity index (χ1) is 14.0. The van der Waals surface area contributed by atoms with Gasteiger partial charge in [-0.1, -0.05) is 26.2 Å². The Kier molecular flexibility index (Phi) is 6.79. The molecule has 2 amide bonds. The lowest BCUT2D eigenvalue weighted by molar-refractivity contribution is -0.119. The molecule has 1 aliphatic carbocycles. The highest BCUT2D eigenvalue weighted by molar-refractivity contribution is 5.99. The number of carbonyl (C=O) groups excluding carboxylic acids is 2. The van der Waals surface area contributed by atoms with Crippen LogP contribution in [-0.4, -0.2) is 38.6 Å². The Bertz CT molecular complexity index is 829. The molecule has 3 rings (SSSR count). The van der Waals surface area contributed by atoms with Crippen molar-refractivity contribution in [1.82, 2.24) is 20.2 Å². The summed E-state index contributed by atoms with van der Waals surface area (Å²) in [6, 6.07) is 5.08. The van der Waals surface area contributed by atoms with E-state index in [0.717, 1.165) is 44.3 Å². The normalized spacial score (nSPS) is 15.6. The highest BCUT2D eigenvalue weighted by Crippen LogP contribution is 2.41. The smallest absolute Gasteiger partial charge is 0.248 e. The van der Waals surface area contributed by atoms with Crippen LogP contribution in [0.25, 0.3) is 0 Å². The molecule has 1 heterocycles. The second-order valence-electron chi connectivity index (χ2n) is 7.84. The summed E-state index contributed by atoms with van der Waals surface area (Å²) in [6.07, 6.45) is 8.21. The Morgan fingerprint density at radius 3 is 2.66 bits per heavy atom. The Morgan fingerprint density at radius 1 is 1.21 bits per heavy atom. The Hall–Kier alpha value is -2.97. The minimum absolute atomic E-state index is 0.0823. The van der Waals surface area contributed by atoms with Crippen LogP contribution in [0.4, 0.5) is 11.4 Å². The van der Waals surface area contributed by atoms with Crippen molar-refractivity contribution < 1.29 is 9.59 Å². The van der Waals surface area contributed by atoms with Crippen LogP contribution >= 0.6 is 0 Å². The van der Waals surface area contributed by atoms with Crippen LogP contribution in [0, 0.1) is 5.41 Å². The number of aromatic nitrogens is 4. The number of benzene rings is 1. The van der Waals surface area contributed by atoms with Crippen molar-refractivity contribution in [2.24, 2.45) is 11.1 Å². The van der Waals surface area contributed by atoms with Gasteiger partial charge < -0.3 is 16.4 Å². The lowest BCUT2D eigenvalue weighted by atomic mass is 9.71. The molecule has 0 atom stereocenters. The van der Waals surface area contributed by atoms with Crippen molar-refractivity contribution in [1.29, 1.82) is 0 Å². The van der Waals surface area contributed by atoms with E-state index in [1.54, 1.807) is 29.2 Å². The molecular weight excluding hydrogens is 370 g/mol. The molecule has 0 aliphatic heterocycles. The van der Waals surface area contributed by atoms with Crippen LogP contribution in [0.5, 0.6) is 0 Å². The molecule has 156 valence electrons. The van der Waals surface area contributed by atoms with Gasteiger partial charge in [-0.15, -0.1) is 5.10 Å². The minimum atomic E-state index is -0.523. The van der Waals surface area contributed by atoms with Gasteiger partial charge in [-0.2, -0.15) is 0 Å². The molecule has 1 aromatic heterocycles. The first-order valence-corrected chi connectivity index (χ1v) is 10.2. The van der Waals surface area contributed by atoms with E-state index in [9.17, 15) is 9.59 Å². The molecule has 2 aromatic rings. The summed E-state index contributed by atoms with van der Waals surface area (Å²) in [4.78, 5) is 24.6. The Labute approximate surface area is 170 Å². The number of hydrogen-bond donors (Lipinski definition) is 3. The third kappa shape index (κ3) is 5.52. The van der Waals surface area contributed by atoms with Gasteiger partial charge in [-0.25, -0.2) is 4.68 Å². The number of amides is 2. The number of tetrazole rings is 1. The maximum atomic E-state index is 13.0. The summed E-state index contributed by atoms with van der Waals surface area (Å²) >= 11 is 0. The van der Waals surface area contributed by atoms with E-state index < -0.39 is 5.91 Å². The molecule has 0 spiro atoms. The topological polar surface area (TPSA) is 128 Å². The molecule has 1 aromatic carbocycles. The Balaban J connectivity index is 1.76. The lowest BCUT2D eigenvalue weighted by Gasteiger charge is -2.36. The van der Waals surface area contributed by atoms with E-state index in [-0.39, 0.29) is 11.3 Å². The number of anilines is 2. The molecule has 4 N–H and O–H groups in total. The fraction of sp³-hybridized carbons (Fsp3) is 0.550. The molecule has 9 heteroatoms. The summed E-state index contributed by atoms with van der Waals surface area (Å²) in [6.45, 7) is 3.45. The maximum absolute atomic E-state index is 13.0. The van der Waals surface area contributed by atoms with Gasteiger partial charge in [0.05, 0.1) is 17.9 Å². The van der Waals surface area contributed by atoms with Crippen molar-refractivity contribution in [2.45, 2.75) is 58.4 Å². The fourth-order valence-electron chi connectivity index (χ4n) is 4.04. The first-order valence-electron chi connectivity index (χ1n) is 10.2. The van der Waals surface area contributed by atoms with Gasteiger partial charge in [0.2, 0.25) is 11.8 Å². The van der Waals surface area contributed by atoms with Crippen molar-refractivity contribution in [3.05, 3.63) is 30.1 Å². The second kappa shape index (κ2) is 9.49. The van der Waals surface area contributed by atoms with Crippen molar-refractivity contribution in [3.63, 3.8) is 0 Å². The van der Waals surface area contributed by atoms with Crippen LogP contribution in [0.3, 0.4) is 0 Å². The van der Waals surface area contributed by atoms with Gasteiger partial charge in [0.1, 0.15) is 6.33 Å². The van der Waals surface area contributed by atoms with Crippen LogP contribution in [0.15, 0.2) is 24.5 Å². The number of carbonyl (C=O) groups is 2. The number of nitrogens with two attached hydrogens (primary N) is 1. The van der Waals surface area contributed by atoms with Gasteiger partial charge in [-0.3, -0.25) is 9.59 Å². The maximum Gasteiger partial charge on any atom is 0.248 e. The molecule has 1 saturated carbocycles. The van der Waals surface area contributed by atoms with E-state index in [1.165, 1.54) is 6.42 Å². The third-order valence-electron chi connectivity index (χ3n) is 5.48. The van der Waals surface area contributed by atoms with Crippen LogP contribution in [0.2, 0.25) is 0 Å². The standard InChI is InChI=1S/C20H29N7O2/c1-2-10-22-16-7-6-15(19(21)29)11-17(16)24-18(28)12-20(8-4-3-5-9-20)13-27-14-23-25-26-27/h6-7,11,14,22H,2-5,8-10,12-13H2,1H3,(H2,21,29)(H,24,28). The third-order valence-corrected chi connectivity index (χ3v) is 5.48. The average Bonchev–Trinajstić information content (AvgIpc) is 3.20. The first kappa shape index (κ1) is 20.8. The number of primary amides is 1.